The minimum Gasteiger partial charge on any atom is -0.324 e. The van der Waals surface area contributed by atoms with Gasteiger partial charge >= 0.3 is 5.51 Å². The van der Waals surface area contributed by atoms with Crippen molar-refractivity contribution in [3.63, 3.8) is 0 Å². The van der Waals surface area contributed by atoms with E-state index in [0.717, 1.165) is 19.3 Å². The van der Waals surface area contributed by atoms with Gasteiger partial charge in [0.05, 0.1) is 0 Å². The van der Waals surface area contributed by atoms with Crippen molar-refractivity contribution in [2.75, 3.05) is 0 Å². The molecule has 0 radical (unpaired) electrons. The fraction of sp³-hybridized carbons (Fsp3) is 0.500. The molecular formula is C12H14F3NS. The Labute approximate surface area is 103 Å². The van der Waals surface area contributed by atoms with Gasteiger partial charge in [0.1, 0.15) is 0 Å². The first-order chi connectivity index (χ1) is 7.96. The normalized spacial score (nSPS) is 18.1. The Morgan fingerprint density at radius 1 is 1.29 bits per heavy atom. The lowest BCUT2D eigenvalue weighted by Crippen LogP contribution is -2.13. The summed E-state index contributed by atoms with van der Waals surface area (Å²) in [6.45, 7) is 0. The highest BCUT2D eigenvalue weighted by atomic mass is 32.2. The summed E-state index contributed by atoms with van der Waals surface area (Å²) in [5.74, 6) is 0.606. The van der Waals surface area contributed by atoms with Crippen LogP contribution in [0.2, 0.25) is 0 Å². The molecule has 1 fully saturated rings. The van der Waals surface area contributed by atoms with Gasteiger partial charge in [-0.3, -0.25) is 0 Å². The third-order valence-corrected chi connectivity index (χ3v) is 3.65. The number of alkyl halides is 3. The van der Waals surface area contributed by atoms with E-state index in [0.29, 0.717) is 11.5 Å². The van der Waals surface area contributed by atoms with Gasteiger partial charge in [0.2, 0.25) is 0 Å². The molecule has 0 aliphatic heterocycles. The second-order valence-electron chi connectivity index (χ2n) is 4.37. The summed E-state index contributed by atoms with van der Waals surface area (Å²) < 4.78 is 37.1. The summed E-state index contributed by atoms with van der Waals surface area (Å²) in [4.78, 5) is 0.230. The second kappa shape index (κ2) is 4.90. The Balaban J connectivity index is 2.13. The Morgan fingerprint density at radius 3 is 2.53 bits per heavy atom. The standard InChI is InChI=1S/C12H14F3NS/c13-12(14,15)17-11-4-2-1-3-9(11)10(16)7-8-5-6-8/h1-4,8,10H,5-7,16H2/t10-/m0/s1. The van der Waals surface area contributed by atoms with Gasteiger partial charge < -0.3 is 5.73 Å². The Bertz CT molecular complexity index is 388. The lowest BCUT2D eigenvalue weighted by molar-refractivity contribution is -0.0328. The molecule has 0 unspecified atom stereocenters. The maximum atomic E-state index is 12.4. The molecule has 1 atom stereocenters. The molecule has 1 aliphatic carbocycles. The number of rotatable bonds is 4. The summed E-state index contributed by atoms with van der Waals surface area (Å²) in [6, 6.07) is 6.25. The predicted molar refractivity (Wildman–Crippen MR) is 62.6 cm³/mol. The van der Waals surface area contributed by atoms with Crippen LogP contribution in [-0.2, 0) is 0 Å². The molecule has 1 aliphatic rings. The number of hydrogen-bond acceptors (Lipinski definition) is 2. The zero-order valence-electron chi connectivity index (χ0n) is 9.20. The fourth-order valence-electron chi connectivity index (χ4n) is 1.84. The molecule has 94 valence electrons. The van der Waals surface area contributed by atoms with E-state index in [-0.39, 0.29) is 22.7 Å². The minimum atomic E-state index is -4.25. The summed E-state index contributed by atoms with van der Waals surface area (Å²) in [6.07, 6.45) is 3.10. The van der Waals surface area contributed by atoms with Crippen LogP contribution in [0.5, 0.6) is 0 Å². The van der Waals surface area contributed by atoms with Crippen molar-refractivity contribution in [2.24, 2.45) is 11.7 Å². The van der Waals surface area contributed by atoms with Gasteiger partial charge in [-0.25, -0.2) is 0 Å². The van der Waals surface area contributed by atoms with E-state index in [4.69, 9.17) is 5.73 Å². The quantitative estimate of drug-likeness (QED) is 0.826. The summed E-state index contributed by atoms with van der Waals surface area (Å²) in [7, 11) is 0. The van der Waals surface area contributed by atoms with Crippen LogP contribution in [0.4, 0.5) is 13.2 Å². The highest BCUT2D eigenvalue weighted by Gasteiger charge is 2.32. The van der Waals surface area contributed by atoms with Gasteiger partial charge in [-0.15, -0.1) is 0 Å². The first kappa shape index (κ1) is 12.8. The number of nitrogens with two attached hydrogens (primary N) is 1. The molecule has 0 amide bonds. The first-order valence-electron chi connectivity index (χ1n) is 5.56. The molecule has 17 heavy (non-hydrogen) atoms. The molecule has 1 saturated carbocycles. The summed E-state index contributed by atoms with van der Waals surface area (Å²) >= 11 is -0.0768. The second-order valence-corrected chi connectivity index (χ2v) is 5.48. The number of hydrogen-bond donors (Lipinski definition) is 1. The van der Waals surface area contributed by atoms with Gasteiger partial charge in [0, 0.05) is 10.9 Å². The van der Waals surface area contributed by atoms with E-state index in [1.54, 1.807) is 18.2 Å². The van der Waals surface area contributed by atoms with Crippen molar-refractivity contribution in [1.29, 1.82) is 0 Å². The van der Waals surface area contributed by atoms with Crippen molar-refractivity contribution in [3.8, 4) is 0 Å². The van der Waals surface area contributed by atoms with E-state index >= 15 is 0 Å². The van der Waals surface area contributed by atoms with Crippen LogP contribution in [-0.4, -0.2) is 5.51 Å². The smallest absolute Gasteiger partial charge is 0.324 e. The van der Waals surface area contributed by atoms with E-state index in [9.17, 15) is 13.2 Å². The molecule has 0 bridgehead atoms. The van der Waals surface area contributed by atoms with Crippen LogP contribution in [0.1, 0.15) is 30.9 Å². The van der Waals surface area contributed by atoms with Gasteiger partial charge in [-0.1, -0.05) is 31.0 Å². The van der Waals surface area contributed by atoms with Gasteiger partial charge in [0.25, 0.3) is 0 Å². The van der Waals surface area contributed by atoms with Crippen LogP contribution < -0.4 is 5.73 Å². The lowest BCUT2D eigenvalue weighted by atomic mass is 10.0. The Hall–Kier alpha value is -0.680. The monoisotopic (exact) mass is 261 g/mol. The maximum absolute atomic E-state index is 12.4. The minimum absolute atomic E-state index is 0.0768. The van der Waals surface area contributed by atoms with E-state index in [1.807, 2.05) is 0 Å². The largest absolute Gasteiger partial charge is 0.446 e. The highest BCUT2D eigenvalue weighted by Crippen LogP contribution is 2.42. The SMILES string of the molecule is N[C@@H](CC1CC1)c1ccccc1SC(F)(F)F. The third-order valence-electron chi connectivity index (χ3n) is 2.83. The third kappa shape index (κ3) is 3.92. The summed E-state index contributed by atoms with van der Waals surface area (Å²) in [5.41, 5.74) is 2.33. The van der Waals surface area contributed by atoms with Gasteiger partial charge in [0.15, 0.2) is 0 Å². The van der Waals surface area contributed by atoms with Gasteiger partial charge in [-0.05, 0) is 35.7 Å². The predicted octanol–water partition coefficient (Wildman–Crippen LogP) is 4.10. The number of thioether (sulfide) groups is 1. The molecular weight excluding hydrogens is 247 g/mol. The average molecular weight is 261 g/mol. The first-order valence-corrected chi connectivity index (χ1v) is 6.37. The fourth-order valence-corrected chi connectivity index (χ4v) is 2.58. The Kier molecular flexibility index (Phi) is 3.68. The van der Waals surface area contributed by atoms with Crippen molar-refractivity contribution in [3.05, 3.63) is 29.8 Å². The lowest BCUT2D eigenvalue weighted by Gasteiger charge is -2.16. The van der Waals surface area contributed by atoms with E-state index < -0.39 is 5.51 Å². The maximum Gasteiger partial charge on any atom is 0.446 e. The molecule has 1 nitrogen and oxygen atoms in total. The van der Waals surface area contributed by atoms with Crippen LogP contribution in [0, 0.1) is 5.92 Å². The van der Waals surface area contributed by atoms with E-state index in [1.165, 1.54) is 6.07 Å². The van der Waals surface area contributed by atoms with Crippen LogP contribution in [0.15, 0.2) is 29.2 Å². The average Bonchev–Trinajstić information content (AvgIpc) is 3.00. The molecule has 1 aromatic rings. The van der Waals surface area contributed by atoms with Crippen molar-refractivity contribution < 1.29 is 13.2 Å². The van der Waals surface area contributed by atoms with Crippen LogP contribution in [0.25, 0.3) is 0 Å². The zero-order chi connectivity index (χ0) is 12.5. The molecule has 2 N–H and O–H groups in total. The molecule has 2 rings (SSSR count). The molecule has 5 heteroatoms. The summed E-state index contributed by atoms with van der Waals surface area (Å²) in [5, 5.41) is 0. The number of benzene rings is 1. The van der Waals surface area contributed by atoms with Crippen molar-refractivity contribution in [2.45, 2.75) is 35.7 Å². The topological polar surface area (TPSA) is 26.0 Å². The van der Waals surface area contributed by atoms with Crippen molar-refractivity contribution in [1.82, 2.24) is 0 Å². The van der Waals surface area contributed by atoms with Crippen molar-refractivity contribution >= 4 is 11.8 Å². The van der Waals surface area contributed by atoms with Crippen LogP contribution >= 0.6 is 11.8 Å². The number of halogens is 3. The molecule has 1 aromatic carbocycles. The highest BCUT2D eigenvalue weighted by molar-refractivity contribution is 8.00. The molecule has 0 heterocycles. The molecule has 0 aromatic heterocycles. The van der Waals surface area contributed by atoms with Gasteiger partial charge in [-0.2, -0.15) is 13.2 Å². The Morgan fingerprint density at radius 2 is 1.94 bits per heavy atom. The molecule has 0 spiro atoms. The van der Waals surface area contributed by atoms with E-state index in [2.05, 4.69) is 0 Å². The van der Waals surface area contributed by atoms with Crippen LogP contribution in [0.3, 0.4) is 0 Å². The molecule has 0 saturated heterocycles. The zero-order valence-corrected chi connectivity index (χ0v) is 10.0.